The van der Waals surface area contributed by atoms with E-state index in [-0.39, 0.29) is 34.6 Å². The average Bonchev–Trinajstić information content (AvgIpc) is 3.03. The van der Waals surface area contributed by atoms with Crippen LogP contribution in [0, 0.1) is 13.8 Å². The number of carbonyl (C=O) groups is 3. The summed E-state index contributed by atoms with van der Waals surface area (Å²) in [7, 11) is 3.03. The predicted octanol–water partition coefficient (Wildman–Crippen LogP) is 2.89. The molecule has 2 aromatic carbocycles. The molecule has 178 valence electrons. The van der Waals surface area contributed by atoms with E-state index in [9.17, 15) is 19.2 Å². The molecule has 2 N–H and O–H groups in total. The lowest BCUT2D eigenvalue weighted by Gasteiger charge is -2.10. The first kappa shape index (κ1) is 24.8. The van der Waals surface area contributed by atoms with Crippen LogP contribution < -0.4 is 16.2 Å². The van der Waals surface area contributed by atoms with Crippen molar-refractivity contribution in [1.82, 2.24) is 9.36 Å². The molecule has 0 saturated heterocycles. The van der Waals surface area contributed by atoms with Gasteiger partial charge in [-0.3, -0.25) is 19.1 Å². The van der Waals surface area contributed by atoms with Gasteiger partial charge in [0.15, 0.2) is 0 Å². The van der Waals surface area contributed by atoms with Crippen LogP contribution in [0.4, 0.5) is 11.4 Å². The van der Waals surface area contributed by atoms with Gasteiger partial charge in [-0.1, -0.05) is 24.3 Å². The van der Waals surface area contributed by atoms with Crippen molar-refractivity contribution in [2.75, 3.05) is 29.2 Å². The molecule has 0 saturated carbocycles. The number of nitrogens with one attached hydrogen (secondary N) is 2. The number of esters is 1. The van der Waals surface area contributed by atoms with Gasteiger partial charge in [0, 0.05) is 12.7 Å². The fraction of sp³-hybridized carbons (Fsp3) is 0.250. The quantitative estimate of drug-likeness (QED) is 0.478. The molecule has 1 heterocycles. The van der Waals surface area contributed by atoms with Crippen molar-refractivity contribution in [3.05, 3.63) is 75.7 Å². The molecular weight excluding hydrogens is 456 g/mol. The molecule has 0 spiro atoms. The van der Waals surface area contributed by atoms with Crippen LogP contribution in [0.15, 0.2) is 53.3 Å². The van der Waals surface area contributed by atoms with Gasteiger partial charge in [-0.05, 0) is 43.7 Å². The number of benzene rings is 2. The zero-order chi connectivity index (χ0) is 24.8. The topological polar surface area (TPSA) is 111 Å². The Bertz CT molecular complexity index is 1280. The first-order valence-corrected chi connectivity index (χ1v) is 11.6. The molecular formula is C24H26N4O5S. The maximum Gasteiger partial charge on any atom is 0.337 e. The van der Waals surface area contributed by atoms with Gasteiger partial charge in [0.25, 0.3) is 5.56 Å². The highest BCUT2D eigenvalue weighted by molar-refractivity contribution is 8.00. The lowest BCUT2D eigenvalue weighted by molar-refractivity contribution is -0.114. The second-order valence-electron chi connectivity index (χ2n) is 7.55. The molecule has 3 aromatic rings. The molecule has 3 rings (SSSR count). The molecule has 0 radical (unpaired) electrons. The lowest BCUT2D eigenvalue weighted by Crippen LogP contribution is -2.24. The van der Waals surface area contributed by atoms with Gasteiger partial charge in [-0.2, -0.15) is 0 Å². The van der Waals surface area contributed by atoms with Gasteiger partial charge in [-0.15, -0.1) is 11.8 Å². The number of aromatic nitrogens is 2. The zero-order valence-electron chi connectivity index (χ0n) is 19.4. The molecule has 2 amide bonds. The Morgan fingerprint density at radius 3 is 2.26 bits per heavy atom. The number of aryl methyl sites for hydroxylation is 1. The highest BCUT2D eigenvalue weighted by atomic mass is 32.2. The summed E-state index contributed by atoms with van der Waals surface area (Å²) in [6.07, 6.45) is 0. The van der Waals surface area contributed by atoms with E-state index in [1.165, 1.54) is 11.8 Å². The fourth-order valence-corrected chi connectivity index (χ4v) is 3.93. The number of hydrogen-bond donors (Lipinski definition) is 2. The predicted molar refractivity (Wildman–Crippen MR) is 133 cm³/mol. The van der Waals surface area contributed by atoms with Gasteiger partial charge < -0.3 is 15.4 Å². The first-order valence-electron chi connectivity index (χ1n) is 10.4. The maximum atomic E-state index is 12.9. The number of nitrogens with zero attached hydrogens (tertiary/aromatic N) is 2. The lowest BCUT2D eigenvalue weighted by atomic mass is 10.1. The molecule has 0 atom stereocenters. The maximum absolute atomic E-state index is 12.9. The van der Waals surface area contributed by atoms with E-state index in [2.05, 4.69) is 10.6 Å². The van der Waals surface area contributed by atoms with Gasteiger partial charge in [0.1, 0.15) is 5.69 Å². The zero-order valence-corrected chi connectivity index (χ0v) is 20.2. The third kappa shape index (κ3) is 5.57. The Labute approximate surface area is 201 Å². The van der Waals surface area contributed by atoms with Crippen LogP contribution in [0.5, 0.6) is 0 Å². The minimum atomic E-state index is -0.496. The molecule has 0 aliphatic rings. The monoisotopic (exact) mass is 482 g/mol. The van der Waals surface area contributed by atoms with Crippen molar-refractivity contribution in [2.24, 2.45) is 7.05 Å². The van der Waals surface area contributed by atoms with Crippen molar-refractivity contribution in [2.45, 2.75) is 13.8 Å². The first-order chi connectivity index (χ1) is 16.2. The van der Waals surface area contributed by atoms with E-state index < -0.39 is 5.97 Å². The molecule has 34 heavy (non-hydrogen) atoms. The van der Waals surface area contributed by atoms with Crippen molar-refractivity contribution in [3.63, 3.8) is 0 Å². The summed E-state index contributed by atoms with van der Waals surface area (Å²) in [6, 6.07) is 14.0. The van der Waals surface area contributed by atoms with E-state index >= 15 is 0 Å². The SMILES string of the molecule is COC(=O)c1ccc(C)c(NC(=O)CSCC(=O)Nc2c(C)n(C)n(-c3ccccc3)c2=O)c1. The van der Waals surface area contributed by atoms with Crippen molar-refractivity contribution < 1.29 is 19.1 Å². The number of ether oxygens (including phenoxy) is 1. The highest BCUT2D eigenvalue weighted by Crippen LogP contribution is 2.18. The number of anilines is 2. The molecule has 0 fully saturated rings. The van der Waals surface area contributed by atoms with Gasteiger partial charge >= 0.3 is 5.97 Å². The summed E-state index contributed by atoms with van der Waals surface area (Å²) >= 11 is 1.12. The molecule has 0 unspecified atom stereocenters. The Morgan fingerprint density at radius 1 is 0.971 bits per heavy atom. The molecule has 1 aromatic heterocycles. The summed E-state index contributed by atoms with van der Waals surface area (Å²) in [6.45, 7) is 3.56. The number of thioether (sulfide) groups is 1. The Morgan fingerprint density at radius 2 is 1.62 bits per heavy atom. The summed E-state index contributed by atoms with van der Waals surface area (Å²) in [5, 5.41) is 5.42. The molecule has 0 bridgehead atoms. The molecule has 0 aliphatic heterocycles. The molecule has 10 heteroatoms. The fourth-order valence-electron chi connectivity index (χ4n) is 3.31. The summed E-state index contributed by atoms with van der Waals surface area (Å²) in [5.74, 6) is -1.17. The molecule has 9 nitrogen and oxygen atoms in total. The third-order valence-corrected chi connectivity index (χ3v) is 6.15. The minimum Gasteiger partial charge on any atom is -0.465 e. The van der Waals surface area contributed by atoms with E-state index in [4.69, 9.17) is 4.74 Å². The number of amides is 2. The normalized spacial score (nSPS) is 10.6. The smallest absolute Gasteiger partial charge is 0.337 e. The van der Waals surface area contributed by atoms with Crippen LogP contribution in [0.25, 0.3) is 5.69 Å². The van der Waals surface area contributed by atoms with Crippen LogP contribution in [0.2, 0.25) is 0 Å². The van der Waals surface area contributed by atoms with Crippen molar-refractivity contribution in [3.8, 4) is 5.69 Å². The minimum absolute atomic E-state index is 0.00624. The van der Waals surface area contributed by atoms with Crippen LogP contribution in [0.1, 0.15) is 21.6 Å². The second kappa shape index (κ2) is 10.9. The number of hydrogen-bond acceptors (Lipinski definition) is 6. The van der Waals surface area contributed by atoms with Crippen LogP contribution in [-0.4, -0.2) is 45.8 Å². The van der Waals surface area contributed by atoms with E-state index in [1.54, 1.807) is 36.9 Å². The van der Waals surface area contributed by atoms with Gasteiger partial charge in [0.05, 0.1) is 35.6 Å². The highest BCUT2D eigenvalue weighted by Gasteiger charge is 2.18. The van der Waals surface area contributed by atoms with Gasteiger partial charge in [-0.25, -0.2) is 9.48 Å². The average molecular weight is 483 g/mol. The summed E-state index contributed by atoms with van der Waals surface area (Å²) in [5.41, 5.74) is 2.80. The number of methoxy groups -OCH3 is 1. The van der Waals surface area contributed by atoms with Crippen LogP contribution in [-0.2, 0) is 21.4 Å². The summed E-state index contributed by atoms with van der Waals surface area (Å²) < 4.78 is 7.86. The number of rotatable bonds is 8. The van der Waals surface area contributed by atoms with Gasteiger partial charge in [0.2, 0.25) is 11.8 Å². The van der Waals surface area contributed by atoms with E-state index in [1.807, 2.05) is 37.3 Å². The summed E-state index contributed by atoms with van der Waals surface area (Å²) in [4.78, 5) is 49.4. The van der Waals surface area contributed by atoms with E-state index in [0.29, 0.717) is 22.6 Å². The van der Waals surface area contributed by atoms with E-state index in [0.717, 1.165) is 17.3 Å². The Balaban J connectivity index is 1.58. The largest absolute Gasteiger partial charge is 0.465 e. The molecule has 0 aliphatic carbocycles. The second-order valence-corrected chi connectivity index (χ2v) is 8.53. The van der Waals surface area contributed by atoms with Crippen molar-refractivity contribution >= 4 is 40.9 Å². The van der Waals surface area contributed by atoms with Crippen LogP contribution in [0.3, 0.4) is 0 Å². The standard InChI is InChI=1S/C24H26N4O5S/c1-15-10-11-17(24(32)33-4)12-19(15)25-20(29)13-34-14-21(30)26-22-16(2)27(3)28(23(22)31)18-8-6-5-7-9-18/h5-12H,13-14H2,1-4H3,(H,25,29)(H,26,30). The van der Waals surface area contributed by atoms with Crippen LogP contribution >= 0.6 is 11.8 Å². The third-order valence-electron chi connectivity index (χ3n) is 5.22. The Hall–Kier alpha value is -3.79. The number of carbonyl (C=O) groups excluding carboxylic acids is 3. The van der Waals surface area contributed by atoms with Crippen molar-refractivity contribution in [1.29, 1.82) is 0 Å². The Kier molecular flexibility index (Phi) is 7.95. The number of para-hydroxylation sites is 1.